The molecule has 0 aliphatic heterocycles. The van der Waals surface area contributed by atoms with Gasteiger partial charge in [-0.2, -0.15) is 0 Å². The molecule has 2 atom stereocenters. The minimum atomic E-state index is -4.43. The Labute approximate surface area is 341 Å². The third-order valence-corrected chi connectivity index (χ3v) is 9.54. The molecule has 0 aromatic rings. The Morgan fingerprint density at radius 1 is 0.571 bits per heavy atom. The van der Waals surface area contributed by atoms with Crippen LogP contribution in [0.1, 0.15) is 162 Å². The Morgan fingerprint density at radius 3 is 1.55 bits per heavy atom. The summed E-state index contributed by atoms with van der Waals surface area (Å²) < 4.78 is 26.8. The molecule has 0 aliphatic rings. The predicted molar refractivity (Wildman–Crippen MR) is 233 cm³/mol. The molecule has 0 fully saturated rings. The number of aliphatic hydroxyl groups excluding tert-OH is 1. The van der Waals surface area contributed by atoms with E-state index in [1.165, 1.54) is 25.7 Å². The van der Waals surface area contributed by atoms with Crippen LogP contribution in [0.2, 0.25) is 0 Å². The lowest BCUT2D eigenvalue weighted by molar-refractivity contribution is -0.147. The average molecular weight is 804 g/mol. The second kappa shape index (κ2) is 41.8. The number of hydrogen-bond donors (Lipinski definition) is 3. The minimum Gasteiger partial charge on any atom is -0.463 e. The lowest BCUT2D eigenvalue weighted by Crippen LogP contribution is -2.27. The van der Waals surface area contributed by atoms with Crippen molar-refractivity contribution < 1.29 is 37.9 Å². The third kappa shape index (κ3) is 42.3. The molecule has 9 nitrogen and oxygen atoms in total. The number of unbranched alkanes of at least 4 members (excludes halogenated alkanes) is 12. The monoisotopic (exact) mass is 804 g/mol. The summed E-state index contributed by atoms with van der Waals surface area (Å²) in [7, 11) is -4.43. The molecule has 0 rings (SSSR count). The molecule has 0 aromatic carbocycles. The number of phosphoric ester groups is 1. The van der Waals surface area contributed by atoms with E-state index in [9.17, 15) is 24.2 Å². The van der Waals surface area contributed by atoms with Crippen LogP contribution in [0.15, 0.2) is 85.1 Å². The van der Waals surface area contributed by atoms with Crippen LogP contribution in [0.5, 0.6) is 0 Å². The molecule has 2 unspecified atom stereocenters. The number of rotatable bonds is 39. The molecule has 0 radical (unpaired) electrons. The molecule has 0 aliphatic carbocycles. The molecule has 3 N–H and O–H groups in total. The molecule has 1 amide bonds. The fourth-order valence-corrected chi connectivity index (χ4v) is 6.07. The van der Waals surface area contributed by atoms with Gasteiger partial charge in [-0.25, -0.2) is 4.57 Å². The Bertz CT molecular complexity index is 1190. The number of nitrogens with one attached hydrogen (secondary N) is 1. The summed E-state index contributed by atoms with van der Waals surface area (Å²) in [4.78, 5) is 33.9. The van der Waals surface area contributed by atoms with E-state index in [0.29, 0.717) is 6.42 Å². The first-order valence-electron chi connectivity index (χ1n) is 21.6. The maximum atomic E-state index is 12.1. The fraction of sp³-hybridized carbons (Fsp3) is 0.652. The zero-order valence-corrected chi connectivity index (χ0v) is 35.9. The lowest BCUT2D eigenvalue weighted by atomic mass is 10.1. The SMILES string of the molecule is CC/C=C\C/C=C\C/C=C\C/C=C\C/C=C\C/C=C\CCCCCCC(=O)NCCOP(=O)(O)OCC(O)COC(=O)CCCCCCC/C=C\CCCCC. The maximum absolute atomic E-state index is 12.1. The van der Waals surface area contributed by atoms with Crippen molar-refractivity contribution in [3.8, 4) is 0 Å². The van der Waals surface area contributed by atoms with Gasteiger partial charge in [-0.3, -0.25) is 18.6 Å². The predicted octanol–water partition coefficient (Wildman–Crippen LogP) is 12.0. The van der Waals surface area contributed by atoms with Gasteiger partial charge in [0.25, 0.3) is 0 Å². The van der Waals surface area contributed by atoms with Crippen molar-refractivity contribution in [3.63, 3.8) is 0 Å². The molecular weight excluding hydrogens is 725 g/mol. The number of phosphoric acid groups is 1. The van der Waals surface area contributed by atoms with Crippen molar-refractivity contribution >= 4 is 19.7 Å². The van der Waals surface area contributed by atoms with Crippen LogP contribution in [-0.4, -0.2) is 54.3 Å². The number of esters is 1. The van der Waals surface area contributed by atoms with Gasteiger partial charge in [-0.05, 0) is 89.9 Å². The van der Waals surface area contributed by atoms with Crippen LogP contribution < -0.4 is 5.32 Å². The van der Waals surface area contributed by atoms with Crippen molar-refractivity contribution in [3.05, 3.63) is 85.1 Å². The zero-order valence-electron chi connectivity index (χ0n) is 35.0. The van der Waals surface area contributed by atoms with E-state index < -0.39 is 26.5 Å². The highest BCUT2D eigenvalue weighted by molar-refractivity contribution is 7.47. The number of carbonyl (C=O) groups is 2. The van der Waals surface area contributed by atoms with Crippen molar-refractivity contribution in [2.24, 2.45) is 0 Å². The van der Waals surface area contributed by atoms with E-state index in [0.717, 1.165) is 109 Å². The highest BCUT2D eigenvalue weighted by Gasteiger charge is 2.23. The van der Waals surface area contributed by atoms with Crippen molar-refractivity contribution in [2.75, 3.05) is 26.4 Å². The number of amides is 1. The van der Waals surface area contributed by atoms with E-state index in [-0.39, 0.29) is 32.1 Å². The lowest BCUT2D eigenvalue weighted by Gasteiger charge is -2.15. The van der Waals surface area contributed by atoms with Gasteiger partial charge in [0.2, 0.25) is 5.91 Å². The summed E-state index contributed by atoms with van der Waals surface area (Å²) in [5.41, 5.74) is 0. The van der Waals surface area contributed by atoms with Crippen LogP contribution >= 0.6 is 7.82 Å². The van der Waals surface area contributed by atoms with Crippen LogP contribution in [-0.2, 0) is 27.9 Å². The number of hydrogen-bond acceptors (Lipinski definition) is 7. The molecule has 0 saturated heterocycles. The van der Waals surface area contributed by atoms with E-state index in [4.69, 9.17) is 13.8 Å². The first kappa shape index (κ1) is 53.2. The summed E-state index contributed by atoms with van der Waals surface area (Å²) in [6.45, 7) is 3.35. The molecule has 56 heavy (non-hydrogen) atoms. The van der Waals surface area contributed by atoms with Crippen molar-refractivity contribution in [1.82, 2.24) is 5.32 Å². The molecule has 320 valence electrons. The Morgan fingerprint density at radius 2 is 1.02 bits per heavy atom. The third-order valence-electron chi connectivity index (χ3n) is 8.56. The number of ether oxygens (including phenoxy) is 1. The second-order valence-corrected chi connectivity index (χ2v) is 15.4. The number of aliphatic hydroxyl groups is 1. The quantitative estimate of drug-likeness (QED) is 0.0242. The Balaban J connectivity index is 3.69. The highest BCUT2D eigenvalue weighted by Crippen LogP contribution is 2.42. The summed E-state index contributed by atoms with van der Waals surface area (Å²) in [6.07, 6.45) is 52.3. The van der Waals surface area contributed by atoms with E-state index in [1.807, 2.05) is 0 Å². The van der Waals surface area contributed by atoms with Gasteiger partial charge in [-0.15, -0.1) is 0 Å². The fourth-order valence-electron chi connectivity index (χ4n) is 5.32. The highest BCUT2D eigenvalue weighted by atomic mass is 31.2. The van der Waals surface area contributed by atoms with E-state index in [1.54, 1.807) is 0 Å². The van der Waals surface area contributed by atoms with E-state index >= 15 is 0 Å². The Kier molecular flexibility index (Phi) is 39.7. The smallest absolute Gasteiger partial charge is 0.463 e. The maximum Gasteiger partial charge on any atom is 0.472 e. The van der Waals surface area contributed by atoms with Gasteiger partial charge < -0.3 is 20.1 Å². The standard InChI is InChI=1S/C46H78NO8P/c1-3-5-7-9-11-13-15-17-18-19-20-21-22-23-24-25-26-27-28-30-32-34-36-38-45(49)47-40-41-54-56(51,52)55-43-44(48)42-53-46(50)39-37-35-33-31-29-16-14-12-10-8-6-4-2/h5,7,11-14,17-18,20-21,23-24,26-27,44,48H,3-4,6,8-10,15-16,19,22,25,28-43H2,1-2H3,(H,47,49)(H,51,52)/b7-5-,13-11-,14-12-,18-17-,21-20-,24-23-,27-26-. The molecule has 10 heteroatoms. The summed E-state index contributed by atoms with van der Waals surface area (Å²) in [5, 5.41) is 12.7. The number of carbonyl (C=O) groups excluding carboxylic acids is 2. The molecule has 0 saturated carbocycles. The second-order valence-electron chi connectivity index (χ2n) is 13.9. The first-order valence-corrected chi connectivity index (χ1v) is 23.1. The molecule has 0 heterocycles. The van der Waals surface area contributed by atoms with Gasteiger partial charge in [0.1, 0.15) is 12.7 Å². The van der Waals surface area contributed by atoms with Gasteiger partial charge in [0, 0.05) is 19.4 Å². The summed E-state index contributed by atoms with van der Waals surface area (Å²) >= 11 is 0. The van der Waals surface area contributed by atoms with Crippen LogP contribution in [0, 0.1) is 0 Å². The topological polar surface area (TPSA) is 131 Å². The van der Waals surface area contributed by atoms with Crippen LogP contribution in [0.25, 0.3) is 0 Å². The van der Waals surface area contributed by atoms with Gasteiger partial charge >= 0.3 is 13.8 Å². The first-order chi connectivity index (χ1) is 27.3. The van der Waals surface area contributed by atoms with Crippen molar-refractivity contribution in [1.29, 1.82) is 0 Å². The largest absolute Gasteiger partial charge is 0.472 e. The summed E-state index contributed by atoms with van der Waals surface area (Å²) in [5.74, 6) is -0.559. The van der Waals surface area contributed by atoms with Crippen LogP contribution in [0.3, 0.4) is 0 Å². The van der Waals surface area contributed by atoms with Gasteiger partial charge in [0.05, 0.1) is 13.2 Å². The van der Waals surface area contributed by atoms with Gasteiger partial charge in [-0.1, -0.05) is 144 Å². The molecular formula is C46H78NO8P. The van der Waals surface area contributed by atoms with Crippen molar-refractivity contribution in [2.45, 2.75) is 168 Å². The van der Waals surface area contributed by atoms with Gasteiger partial charge in [0.15, 0.2) is 0 Å². The zero-order chi connectivity index (χ0) is 41.1. The van der Waals surface area contributed by atoms with E-state index in [2.05, 4.69) is 104 Å². The normalized spacial score (nSPS) is 14.1. The molecule has 0 aromatic heterocycles. The van der Waals surface area contributed by atoms with Crippen LogP contribution in [0.4, 0.5) is 0 Å². The number of allylic oxidation sites excluding steroid dienone is 14. The summed E-state index contributed by atoms with van der Waals surface area (Å²) in [6, 6.07) is 0. The Hall–Kier alpha value is -2.81. The molecule has 0 spiro atoms. The molecule has 0 bridgehead atoms. The average Bonchev–Trinajstić information content (AvgIpc) is 3.18. The minimum absolute atomic E-state index is 0.0613.